The normalized spacial score (nSPS) is 20.1. The summed E-state index contributed by atoms with van der Waals surface area (Å²) in [6.45, 7) is 10.0. The van der Waals surface area contributed by atoms with Gasteiger partial charge in [-0.2, -0.15) is 0 Å². The van der Waals surface area contributed by atoms with Crippen LogP contribution in [0.5, 0.6) is 0 Å². The molecule has 1 heterocycles. The van der Waals surface area contributed by atoms with Crippen molar-refractivity contribution in [3.63, 3.8) is 0 Å². The highest BCUT2D eigenvalue weighted by atomic mass is 16.5. The zero-order valence-electron chi connectivity index (χ0n) is 10.7. The molecule has 0 radical (unpaired) electrons. The molecule has 0 fully saturated rings. The summed E-state index contributed by atoms with van der Waals surface area (Å²) < 4.78 is 5.50. The molecule has 3 nitrogen and oxygen atoms in total. The predicted molar refractivity (Wildman–Crippen MR) is 68.5 cm³/mol. The van der Waals surface area contributed by atoms with Crippen molar-refractivity contribution >= 4 is 0 Å². The van der Waals surface area contributed by atoms with E-state index in [2.05, 4.69) is 30.1 Å². The van der Waals surface area contributed by atoms with Crippen molar-refractivity contribution in [1.29, 1.82) is 0 Å². The van der Waals surface area contributed by atoms with Crippen LogP contribution in [0.4, 0.5) is 0 Å². The van der Waals surface area contributed by atoms with E-state index in [0.29, 0.717) is 6.10 Å². The Morgan fingerprint density at radius 3 is 2.88 bits per heavy atom. The van der Waals surface area contributed by atoms with E-state index in [-0.39, 0.29) is 0 Å². The van der Waals surface area contributed by atoms with Crippen LogP contribution in [0.25, 0.3) is 0 Å². The minimum atomic E-state index is 0.381. The maximum atomic E-state index is 5.50. The van der Waals surface area contributed by atoms with Gasteiger partial charge in [0, 0.05) is 19.6 Å². The second kappa shape index (κ2) is 8.59. The van der Waals surface area contributed by atoms with Gasteiger partial charge in [0.05, 0.1) is 6.26 Å². The minimum Gasteiger partial charge on any atom is -0.497 e. The van der Waals surface area contributed by atoms with E-state index < -0.39 is 0 Å². The van der Waals surface area contributed by atoms with E-state index in [1.807, 2.05) is 6.26 Å². The molecule has 0 saturated carbocycles. The Balaban J connectivity index is 1.99. The molecule has 0 bridgehead atoms. The molecule has 0 aromatic carbocycles. The molecular formula is C13H26N2O. The van der Waals surface area contributed by atoms with Crippen LogP contribution in [0.15, 0.2) is 12.3 Å². The van der Waals surface area contributed by atoms with E-state index in [1.54, 1.807) is 0 Å². The summed E-state index contributed by atoms with van der Waals surface area (Å²) in [5.41, 5.74) is 0. The zero-order valence-corrected chi connectivity index (χ0v) is 10.7. The molecule has 1 atom stereocenters. The fourth-order valence-corrected chi connectivity index (χ4v) is 1.98. The Morgan fingerprint density at radius 1 is 1.38 bits per heavy atom. The lowest BCUT2D eigenvalue weighted by Crippen LogP contribution is -2.36. The van der Waals surface area contributed by atoms with Crippen LogP contribution in [0.3, 0.4) is 0 Å². The quantitative estimate of drug-likeness (QED) is 0.641. The van der Waals surface area contributed by atoms with E-state index in [0.717, 1.165) is 39.0 Å². The van der Waals surface area contributed by atoms with E-state index >= 15 is 0 Å². The van der Waals surface area contributed by atoms with E-state index in [9.17, 15) is 0 Å². The molecule has 0 saturated heterocycles. The van der Waals surface area contributed by atoms with Gasteiger partial charge in [-0.05, 0) is 38.4 Å². The lowest BCUT2D eigenvalue weighted by molar-refractivity contribution is 0.121. The Hall–Kier alpha value is -0.540. The molecule has 0 amide bonds. The molecular weight excluding hydrogens is 200 g/mol. The Labute approximate surface area is 99.8 Å². The Kier molecular flexibility index (Phi) is 7.26. The topological polar surface area (TPSA) is 24.5 Å². The molecule has 0 spiro atoms. The molecule has 1 aliphatic rings. The van der Waals surface area contributed by atoms with Crippen LogP contribution < -0.4 is 5.32 Å². The van der Waals surface area contributed by atoms with Gasteiger partial charge in [-0.3, -0.25) is 0 Å². The first-order valence-electron chi connectivity index (χ1n) is 6.60. The van der Waals surface area contributed by atoms with Gasteiger partial charge in [0.1, 0.15) is 6.10 Å². The second-order valence-electron chi connectivity index (χ2n) is 4.35. The monoisotopic (exact) mass is 226 g/mol. The molecule has 1 aliphatic heterocycles. The summed E-state index contributed by atoms with van der Waals surface area (Å²) in [5, 5.41) is 3.48. The molecule has 3 heteroatoms. The lowest BCUT2D eigenvalue weighted by atomic mass is 10.1. The van der Waals surface area contributed by atoms with Crippen LogP contribution >= 0.6 is 0 Å². The lowest BCUT2D eigenvalue weighted by Gasteiger charge is -2.22. The van der Waals surface area contributed by atoms with Crippen molar-refractivity contribution in [1.82, 2.24) is 10.2 Å². The molecule has 0 aromatic heterocycles. The Morgan fingerprint density at radius 2 is 2.25 bits per heavy atom. The molecule has 1 N–H and O–H groups in total. The number of nitrogens with one attached hydrogen (secondary N) is 1. The molecule has 0 aromatic rings. The summed E-state index contributed by atoms with van der Waals surface area (Å²) in [7, 11) is 0. The number of hydrogen-bond acceptors (Lipinski definition) is 3. The number of nitrogens with zero attached hydrogens (tertiary/aromatic N) is 1. The van der Waals surface area contributed by atoms with Crippen LogP contribution in [0.2, 0.25) is 0 Å². The molecule has 94 valence electrons. The highest BCUT2D eigenvalue weighted by Crippen LogP contribution is 2.08. The largest absolute Gasteiger partial charge is 0.497 e. The maximum absolute atomic E-state index is 5.50. The molecule has 0 aliphatic carbocycles. The number of rotatable bonds is 8. The average molecular weight is 226 g/mol. The van der Waals surface area contributed by atoms with Gasteiger partial charge in [-0.1, -0.05) is 13.8 Å². The van der Waals surface area contributed by atoms with E-state index in [4.69, 9.17) is 4.74 Å². The van der Waals surface area contributed by atoms with Crippen LogP contribution in [-0.4, -0.2) is 43.7 Å². The van der Waals surface area contributed by atoms with Gasteiger partial charge < -0.3 is 15.0 Å². The highest BCUT2D eigenvalue weighted by molar-refractivity contribution is 4.82. The highest BCUT2D eigenvalue weighted by Gasteiger charge is 2.09. The predicted octanol–water partition coefficient (Wildman–Crippen LogP) is 2.00. The van der Waals surface area contributed by atoms with Gasteiger partial charge in [-0.25, -0.2) is 0 Å². The van der Waals surface area contributed by atoms with Crippen molar-refractivity contribution in [3.8, 4) is 0 Å². The smallest absolute Gasteiger partial charge is 0.110 e. The van der Waals surface area contributed by atoms with Gasteiger partial charge in [0.2, 0.25) is 0 Å². The first-order chi connectivity index (χ1) is 7.86. The van der Waals surface area contributed by atoms with Gasteiger partial charge >= 0.3 is 0 Å². The fraction of sp³-hybridized carbons (Fsp3) is 0.846. The van der Waals surface area contributed by atoms with Crippen molar-refractivity contribution in [3.05, 3.63) is 12.3 Å². The van der Waals surface area contributed by atoms with Crippen molar-refractivity contribution < 1.29 is 4.74 Å². The minimum absolute atomic E-state index is 0.381. The van der Waals surface area contributed by atoms with Crippen LogP contribution in [-0.2, 0) is 4.74 Å². The van der Waals surface area contributed by atoms with Crippen molar-refractivity contribution in [2.45, 2.75) is 39.2 Å². The SMILES string of the molecule is CCCN(CC)CCNCC1CCC=CO1. The fourth-order valence-electron chi connectivity index (χ4n) is 1.98. The summed E-state index contributed by atoms with van der Waals surface area (Å²) in [6.07, 6.45) is 7.86. The number of hydrogen-bond donors (Lipinski definition) is 1. The van der Waals surface area contributed by atoms with Crippen molar-refractivity contribution in [2.75, 3.05) is 32.7 Å². The number of ether oxygens (including phenoxy) is 1. The third-order valence-corrected chi connectivity index (χ3v) is 2.99. The molecule has 1 unspecified atom stereocenters. The first kappa shape index (κ1) is 13.5. The van der Waals surface area contributed by atoms with Crippen LogP contribution in [0.1, 0.15) is 33.1 Å². The van der Waals surface area contributed by atoms with Gasteiger partial charge in [0.15, 0.2) is 0 Å². The summed E-state index contributed by atoms with van der Waals surface area (Å²) >= 11 is 0. The number of likely N-dealkylation sites (N-methyl/N-ethyl adjacent to an activating group) is 1. The zero-order chi connectivity index (χ0) is 11.6. The molecule has 16 heavy (non-hydrogen) atoms. The number of allylic oxidation sites excluding steroid dienone is 1. The summed E-state index contributed by atoms with van der Waals surface area (Å²) in [5.74, 6) is 0. The maximum Gasteiger partial charge on any atom is 0.110 e. The summed E-state index contributed by atoms with van der Waals surface area (Å²) in [6, 6.07) is 0. The van der Waals surface area contributed by atoms with Crippen LogP contribution in [0, 0.1) is 0 Å². The van der Waals surface area contributed by atoms with E-state index in [1.165, 1.54) is 13.0 Å². The third-order valence-electron chi connectivity index (χ3n) is 2.99. The Bertz CT molecular complexity index is 194. The second-order valence-corrected chi connectivity index (χ2v) is 4.35. The average Bonchev–Trinajstić information content (AvgIpc) is 2.34. The first-order valence-corrected chi connectivity index (χ1v) is 6.60. The van der Waals surface area contributed by atoms with Crippen molar-refractivity contribution in [2.24, 2.45) is 0 Å². The third kappa shape index (κ3) is 5.52. The molecule has 1 rings (SSSR count). The van der Waals surface area contributed by atoms with Gasteiger partial charge in [-0.15, -0.1) is 0 Å². The standard InChI is InChI=1S/C13H26N2O/c1-3-9-15(4-2)10-8-14-12-13-7-5-6-11-16-13/h6,11,13-14H,3-5,7-10,12H2,1-2H3. The summed E-state index contributed by atoms with van der Waals surface area (Å²) in [4.78, 5) is 2.48. The van der Waals surface area contributed by atoms with Gasteiger partial charge in [0.25, 0.3) is 0 Å².